The molecule has 2 aromatic rings. The smallest absolute Gasteiger partial charge is 0.273 e. The van der Waals surface area contributed by atoms with Crippen molar-refractivity contribution in [2.24, 2.45) is 0 Å². The van der Waals surface area contributed by atoms with E-state index in [-0.39, 0.29) is 12.1 Å². The summed E-state index contributed by atoms with van der Waals surface area (Å²) in [6.07, 6.45) is 6.05. The van der Waals surface area contributed by atoms with Crippen LogP contribution in [0, 0.1) is 0 Å². The van der Waals surface area contributed by atoms with Gasteiger partial charge in [0.2, 0.25) is 0 Å². The van der Waals surface area contributed by atoms with Crippen LogP contribution in [0.5, 0.6) is 0 Å². The summed E-state index contributed by atoms with van der Waals surface area (Å²) in [5, 5.41) is 6.34. The highest BCUT2D eigenvalue weighted by atomic mass is 16.2. The Labute approximate surface area is 137 Å². The third-order valence-electron chi connectivity index (χ3n) is 3.43. The Bertz CT molecular complexity index is 852. The third-order valence-corrected chi connectivity index (χ3v) is 3.43. The molecule has 7 nitrogen and oxygen atoms in total. The second-order valence-electron chi connectivity index (χ2n) is 5.08. The molecule has 2 heterocycles. The molecule has 1 aromatic carbocycles. The highest BCUT2D eigenvalue weighted by Gasteiger charge is 2.34. The van der Waals surface area contributed by atoms with Gasteiger partial charge in [0, 0.05) is 18.3 Å². The summed E-state index contributed by atoms with van der Waals surface area (Å²) in [4.78, 5) is 36.9. The number of carbonyl (C=O) groups excluding carboxylic acids is 3. The van der Waals surface area contributed by atoms with Crippen LogP contribution < -0.4 is 5.32 Å². The molecule has 0 radical (unpaired) electrons. The number of nitrogens with zero attached hydrogens (tertiary/aromatic N) is 3. The standard InChI is InChI=1S/C17H14N4O3/c1-2-8-20-16(23)14(15(22)19-17(20)24)9-12-10-18-21(11-12)13-6-4-3-5-7-13/h2-7,9-11H,1,8H2,(H,19,22,24). The number of urea groups is 1. The van der Waals surface area contributed by atoms with Gasteiger partial charge in [0.1, 0.15) is 5.57 Å². The molecule has 0 atom stereocenters. The fourth-order valence-corrected chi connectivity index (χ4v) is 2.29. The molecule has 0 spiro atoms. The Kier molecular flexibility index (Phi) is 4.07. The van der Waals surface area contributed by atoms with Crippen LogP contribution >= 0.6 is 0 Å². The highest BCUT2D eigenvalue weighted by Crippen LogP contribution is 2.15. The lowest BCUT2D eigenvalue weighted by Crippen LogP contribution is -2.54. The zero-order chi connectivity index (χ0) is 17.1. The SMILES string of the molecule is C=CCN1C(=O)NC(=O)C(=Cc2cnn(-c3ccccc3)c2)C1=O. The number of amides is 4. The Hall–Kier alpha value is -3.48. The van der Waals surface area contributed by atoms with Gasteiger partial charge in [-0.2, -0.15) is 5.10 Å². The van der Waals surface area contributed by atoms with Gasteiger partial charge < -0.3 is 0 Å². The fraction of sp³-hybridized carbons (Fsp3) is 0.0588. The first-order chi connectivity index (χ1) is 11.6. The van der Waals surface area contributed by atoms with E-state index in [0.717, 1.165) is 10.6 Å². The number of benzene rings is 1. The lowest BCUT2D eigenvalue weighted by molar-refractivity contribution is -0.129. The molecule has 1 saturated heterocycles. The van der Waals surface area contributed by atoms with Crippen LogP contribution in [0.3, 0.4) is 0 Å². The molecule has 120 valence electrons. The number of nitrogens with one attached hydrogen (secondary N) is 1. The van der Waals surface area contributed by atoms with E-state index in [0.29, 0.717) is 5.56 Å². The molecule has 0 bridgehead atoms. The molecule has 4 amide bonds. The van der Waals surface area contributed by atoms with Crippen LogP contribution in [0.1, 0.15) is 5.56 Å². The molecular formula is C17H14N4O3. The minimum Gasteiger partial charge on any atom is -0.273 e. The van der Waals surface area contributed by atoms with Crippen LogP contribution in [0.15, 0.2) is 61.0 Å². The minimum atomic E-state index is -0.748. The quantitative estimate of drug-likeness (QED) is 0.525. The maximum atomic E-state index is 12.3. The molecule has 0 saturated carbocycles. The van der Waals surface area contributed by atoms with Gasteiger partial charge in [-0.05, 0) is 18.2 Å². The van der Waals surface area contributed by atoms with E-state index in [1.54, 1.807) is 10.9 Å². The summed E-state index contributed by atoms with van der Waals surface area (Å²) in [6.45, 7) is 3.52. The minimum absolute atomic E-state index is 0.0264. The first-order valence-electron chi connectivity index (χ1n) is 7.20. The van der Waals surface area contributed by atoms with Crippen molar-refractivity contribution in [3.63, 3.8) is 0 Å². The van der Waals surface area contributed by atoms with Crippen molar-refractivity contribution >= 4 is 23.9 Å². The van der Waals surface area contributed by atoms with Crippen LogP contribution in [-0.2, 0) is 9.59 Å². The summed E-state index contributed by atoms with van der Waals surface area (Å²) in [6, 6.07) is 8.67. The zero-order valence-electron chi connectivity index (χ0n) is 12.7. The predicted octanol–water partition coefficient (Wildman–Crippen LogP) is 1.52. The first-order valence-corrected chi connectivity index (χ1v) is 7.20. The number of para-hydroxylation sites is 1. The molecule has 1 aliphatic rings. The number of carbonyl (C=O) groups is 3. The van der Waals surface area contributed by atoms with E-state index in [2.05, 4.69) is 17.0 Å². The summed E-state index contributed by atoms with van der Waals surface area (Å²) < 4.78 is 1.63. The van der Waals surface area contributed by atoms with Crippen molar-refractivity contribution in [3.8, 4) is 5.69 Å². The average Bonchev–Trinajstić information content (AvgIpc) is 3.05. The van der Waals surface area contributed by atoms with Crippen molar-refractivity contribution in [3.05, 3.63) is 66.5 Å². The number of hydrogen-bond acceptors (Lipinski definition) is 4. The van der Waals surface area contributed by atoms with Crippen molar-refractivity contribution in [1.29, 1.82) is 0 Å². The van der Waals surface area contributed by atoms with Crippen molar-refractivity contribution < 1.29 is 14.4 Å². The highest BCUT2D eigenvalue weighted by molar-refractivity contribution is 6.31. The molecular weight excluding hydrogens is 308 g/mol. The number of barbiturate groups is 1. The van der Waals surface area contributed by atoms with Gasteiger partial charge in [-0.1, -0.05) is 24.3 Å². The van der Waals surface area contributed by atoms with E-state index in [1.807, 2.05) is 30.3 Å². The Balaban J connectivity index is 1.91. The summed E-state index contributed by atoms with van der Waals surface area (Å²) in [5.41, 5.74) is 1.30. The normalized spacial score (nSPS) is 16.4. The summed E-state index contributed by atoms with van der Waals surface area (Å²) in [7, 11) is 0. The average molecular weight is 322 g/mol. The van der Waals surface area contributed by atoms with Crippen molar-refractivity contribution in [2.75, 3.05) is 6.54 Å². The molecule has 0 unspecified atom stereocenters. The Morgan fingerprint density at radius 3 is 2.62 bits per heavy atom. The van der Waals surface area contributed by atoms with E-state index < -0.39 is 17.8 Å². The number of aromatic nitrogens is 2. The number of rotatable bonds is 4. The maximum absolute atomic E-state index is 12.3. The number of hydrogen-bond donors (Lipinski definition) is 1. The molecule has 7 heteroatoms. The maximum Gasteiger partial charge on any atom is 0.331 e. The topological polar surface area (TPSA) is 84.3 Å². The van der Waals surface area contributed by atoms with Gasteiger partial charge in [0.15, 0.2) is 0 Å². The van der Waals surface area contributed by atoms with E-state index in [9.17, 15) is 14.4 Å². The molecule has 0 aliphatic carbocycles. The van der Waals surface area contributed by atoms with Crippen LogP contribution in [0.4, 0.5) is 4.79 Å². The van der Waals surface area contributed by atoms with Gasteiger partial charge in [-0.15, -0.1) is 6.58 Å². The van der Waals surface area contributed by atoms with Gasteiger partial charge in [-0.3, -0.25) is 19.8 Å². The second-order valence-corrected chi connectivity index (χ2v) is 5.08. The van der Waals surface area contributed by atoms with Crippen LogP contribution in [-0.4, -0.2) is 39.1 Å². The monoisotopic (exact) mass is 322 g/mol. The lowest BCUT2D eigenvalue weighted by Gasteiger charge is -2.24. The first kappa shape index (κ1) is 15.4. The van der Waals surface area contributed by atoms with Gasteiger partial charge in [0.25, 0.3) is 11.8 Å². The van der Waals surface area contributed by atoms with E-state index in [4.69, 9.17) is 0 Å². The molecule has 1 aromatic heterocycles. The Morgan fingerprint density at radius 2 is 1.92 bits per heavy atom. The second kappa shape index (κ2) is 6.33. The summed E-state index contributed by atoms with van der Waals surface area (Å²) in [5.74, 6) is -1.38. The number of imide groups is 2. The Morgan fingerprint density at radius 1 is 1.17 bits per heavy atom. The zero-order valence-corrected chi connectivity index (χ0v) is 12.7. The van der Waals surface area contributed by atoms with Crippen molar-refractivity contribution in [2.45, 2.75) is 0 Å². The predicted molar refractivity (Wildman–Crippen MR) is 87.0 cm³/mol. The molecule has 1 fully saturated rings. The van der Waals surface area contributed by atoms with Crippen LogP contribution in [0.25, 0.3) is 11.8 Å². The molecule has 1 aliphatic heterocycles. The molecule has 24 heavy (non-hydrogen) atoms. The summed E-state index contributed by atoms with van der Waals surface area (Å²) >= 11 is 0. The van der Waals surface area contributed by atoms with Gasteiger partial charge in [-0.25, -0.2) is 9.48 Å². The van der Waals surface area contributed by atoms with E-state index in [1.165, 1.54) is 18.3 Å². The molecule has 3 rings (SSSR count). The fourth-order valence-electron chi connectivity index (χ4n) is 2.29. The molecule has 1 N–H and O–H groups in total. The third kappa shape index (κ3) is 2.87. The van der Waals surface area contributed by atoms with Gasteiger partial charge in [0.05, 0.1) is 11.9 Å². The van der Waals surface area contributed by atoms with Gasteiger partial charge >= 0.3 is 6.03 Å². The van der Waals surface area contributed by atoms with Crippen LogP contribution in [0.2, 0.25) is 0 Å². The lowest BCUT2D eigenvalue weighted by atomic mass is 10.1. The largest absolute Gasteiger partial charge is 0.331 e. The van der Waals surface area contributed by atoms with E-state index >= 15 is 0 Å². The van der Waals surface area contributed by atoms with Crippen molar-refractivity contribution in [1.82, 2.24) is 20.0 Å².